The van der Waals surface area contributed by atoms with Crippen LogP contribution in [0.25, 0.3) is 21.8 Å². The molecule has 0 aliphatic heterocycles. The van der Waals surface area contributed by atoms with E-state index in [1.165, 1.54) is 0 Å². The molecule has 1 unspecified atom stereocenters. The van der Waals surface area contributed by atoms with Gasteiger partial charge in [-0.15, -0.1) is 0 Å². The second-order valence-electron chi connectivity index (χ2n) is 8.57. The third-order valence-corrected chi connectivity index (χ3v) is 4.95. The van der Waals surface area contributed by atoms with Gasteiger partial charge in [0.05, 0.1) is 10.9 Å². The smallest absolute Gasteiger partial charge is 0.348 e. The van der Waals surface area contributed by atoms with E-state index in [1.54, 1.807) is 6.07 Å². The highest BCUT2D eigenvalue weighted by atomic mass is 16.6. The van der Waals surface area contributed by atoms with Crippen molar-refractivity contribution in [3.05, 3.63) is 70.2 Å². The second-order valence-corrected chi connectivity index (χ2v) is 8.57. The maximum Gasteiger partial charge on any atom is 0.348 e. The van der Waals surface area contributed by atoms with Crippen LogP contribution in [-0.2, 0) is 16.0 Å². The van der Waals surface area contributed by atoms with Crippen LogP contribution in [0.3, 0.4) is 0 Å². The van der Waals surface area contributed by atoms with Crippen molar-refractivity contribution in [2.24, 2.45) is 0 Å². The molecule has 4 aromatic rings. The van der Waals surface area contributed by atoms with Crippen molar-refractivity contribution in [2.45, 2.75) is 45.8 Å². The molecular weight excluding hydrogens is 394 g/mol. The molecule has 0 aliphatic rings. The van der Waals surface area contributed by atoms with E-state index in [4.69, 9.17) is 9.15 Å². The van der Waals surface area contributed by atoms with Crippen molar-refractivity contribution < 1.29 is 13.9 Å². The number of nitrogens with zero attached hydrogens (tertiary/aromatic N) is 1. The van der Waals surface area contributed by atoms with Gasteiger partial charge in [-0.05, 0) is 51.0 Å². The van der Waals surface area contributed by atoms with E-state index < -0.39 is 23.2 Å². The summed E-state index contributed by atoms with van der Waals surface area (Å²) in [4.78, 5) is 33.1. The van der Waals surface area contributed by atoms with Crippen LogP contribution in [0.2, 0.25) is 0 Å². The first-order valence-corrected chi connectivity index (χ1v) is 10.2. The Morgan fingerprint density at radius 3 is 2.74 bits per heavy atom. The summed E-state index contributed by atoms with van der Waals surface area (Å²) in [7, 11) is 0. The lowest BCUT2D eigenvalue weighted by Crippen LogP contribution is -2.38. The van der Waals surface area contributed by atoms with Crippen LogP contribution in [-0.4, -0.2) is 27.6 Å². The molecule has 160 valence electrons. The van der Waals surface area contributed by atoms with Crippen LogP contribution in [0, 0.1) is 6.92 Å². The number of hydrogen-bond acceptors (Lipinski definition) is 6. The van der Waals surface area contributed by atoms with E-state index in [9.17, 15) is 9.59 Å². The average Bonchev–Trinajstić information content (AvgIpc) is 3.09. The number of aryl methyl sites for hydroxylation is 1. The molecule has 0 amide bonds. The third-order valence-electron chi connectivity index (χ3n) is 4.95. The summed E-state index contributed by atoms with van der Waals surface area (Å²) in [5.41, 5.74) is 2.05. The van der Waals surface area contributed by atoms with Crippen LogP contribution in [0.15, 0.2) is 57.9 Å². The summed E-state index contributed by atoms with van der Waals surface area (Å²) in [5.74, 6) is -0.452. The number of esters is 1. The molecule has 0 spiro atoms. The summed E-state index contributed by atoms with van der Waals surface area (Å²) >= 11 is 0. The summed E-state index contributed by atoms with van der Waals surface area (Å²) < 4.78 is 11.0. The van der Waals surface area contributed by atoms with Crippen LogP contribution in [0.4, 0.5) is 6.01 Å². The van der Waals surface area contributed by atoms with Gasteiger partial charge >= 0.3 is 11.6 Å². The number of carbonyl (C=O) groups excluding carboxylic acids is 1. The summed E-state index contributed by atoms with van der Waals surface area (Å²) in [6.45, 7) is 7.26. The molecule has 7 heteroatoms. The molecule has 0 radical (unpaired) electrons. The number of hydrogen-bond donors (Lipinski definition) is 2. The number of carbonyl (C=O) groups is 1. The van der Waals surface area contributed by atoms with Gasteiger partial charge in [0.15, 0.2) is 0 Å². The van der Waals surface area contributed by atoms with Gasteiger partial charge < -0.3 is 19.5 Å². The first-order chi connectivity index (χ1) is 14.7. The summed E-state index contributed by atoms with van der Waals surface area (Å²) in [5, 5.41) is 4.43. The summed E-state index contributed by atoms with van der Waals surface area (Å²) in [6, 6.07) is 12.4. The molecule has 4 rings (SSSR count). The van der Waals surface area contributed by atoms with Gasteiger partial charge in [0.1, 0.15) is 11.6 Å². The molecule has 2 heterocycles. The van der Waals surface area contributed by atoms with Crippen LogP contribution in [0.5, 0.6) is 0 Å². The van der Waals surface area contributed by atoms with Crippen molar-refractivity contribution in [2.75, 3.05) is 5.32 Å². The fourth-order valence-corrected chi connectivity index (χ4v) is 3.58. The molecule has 2 aromatic heterocycles. The lowest BCUT2D eigenvalue weighted by molar-refractivity contribution is -0.155. The Labute approximate surface area is 179 Å². The number of anilines is 1. The highest BCUT2D eigenvalue weighted by Gasteiger charge is 2.27. The second kappa shape index (κ2) is 7.91. The monoisotopic (exact) mass is 419 g/mol. The van der Waals surface area contributed by atoms with Gasteiger partial charge in [-0.3, -0.25) is 0 Å². The lowest BCUT2D eigenvalue weighted by atomic mass is 10.0. The number of benzene rings is 2. The number of para-hydroxylation sites is 1. The standard InChI is InChI=1S/C24H25N3O4/c1-14-8-7-11-18-20(14)22(29)30-23(26-18)27-19(21(28)31-24(2,3)4)12-15-13-25-17-10-6-5-9-16(15)17/h5-11,13,19,25H,12H2,1-4H3,(H,26,27). The minimum atomic E-state index is -0.795. The number of fused-ring (bicyclic) bond motifs is 2. The first-order valence-electron chi connectivity index (χ1n) is 10.2. The lowest BCUT2D eigenvalue weighted by Gasteiger charge is -2.24. The van der Waals surface area contributed by atoms with Crippen LogP contribution < -0.4 is 10.9 Å². The minimum absolute atomic E-state index is 0.0150. The van der Waals surface area contributed by atoms with Gasteiger partial charge in [0, 0.05) is 23.5 Å². The molecule has 0 bridgehead atoms. The van der Waals surface area contributed by atoms with Crippen molar-refractivity contribution >= 4 is 33.8 Å². The van der Waals surface area contributed by atoms with Crippen LogP contribution >= 0.6 is 0 Å². The topological polar surface area (TPSA) is 97.2 Å². The van der Waals surface area contributed by atoms with Gasteiger partial charge in [0.2, 0.25) is 0 Å². The van der Waals surface area contributed by atoms with E-state index in [2.05, 4.69) is 15.3 Å². The van der Waals surface area contributed by atoms with Crippen molar-refractivity contribution in [3.63, 3.8) is 0 Å². The Balaban J connectivity index is 1.70. The molecule has 1 atom stereocenters. The Kier molecular flexibility index (Phi) is 5.27. The Hall–Kier alpha value is -3.61. The number of rotatable bonds is 5. The molecule has 0 aliphatic carbocycles. The quantitative estimate of drug-likeness (QED) is 0.467. The molecule has 0 fully saturated rings. The van der Waals surface area contributed by atoms with Gasteiger partial charge in [-0.1, -0.05) is 30.3 Å². The highest BCUT2D eigenvalue weighted by molar-refractivity contribution is 5.86. The zero-order chi connectivity index (χ0) is 22.2. The van der Waals surface area contributed by atoms with Gasteiger partial charge in [-0.2, -0.15) is 4.98 Å². The summed E-state index contributed by atoms with van der Waals surface area (Å²) in [6.07, 6.45) is 2.20. The molecule has 0 saturated heterocycles. The van der Waals surface area contributed by atoms with E-state index in [-0.39, 0.29) is 6.01 Å². The Morgan fingerprint density at radius 2 is 1.97 bits per heavy atom. The largest absolute Gasteiger partial charge is 0.458 e. The third kappa shape index (κ3) is 4.45. The number of aromatic nitrogens is 2. The highest BCUT2D eigenvalue weighted by Crippen LogP contribution is 2.22. The number of H-pyrrole nitrogens is 1. The van der Waals surface area contributed by atoms with Gasteiger partial charge in [0.25, 0.3) is 6.01 Å². The Bertz CT molecular complexity index is 1310. The molecule has 31 heavy (non-hydrogen) atoms. The van der Waals surface area contributed by atoms with Crippen molar-refractivity contribution in [1.29, 1.82) is 0 Å². The van der Waals surface area contributed by atoms with E-state index in [0.717, 1.165) is 22.0 Å². The fourth-order valence-electron chi connectivity index (χ4n) is 3.58. The van der Waals surface area contributed by atoms with Crippen LogP contribution in [0.1, 0.15) is 31.9 Å². The number of nitrogens with one attached hydrogen (secondary N) is 2. The van der Waals surface area contributed by atoms with Crippen molar-refractivity contribution in [3.8, 4) is 0 Å². The zero-order valence-corrected chi connectivity index (χ0v) is 18.0. The maximum atomic E-state index is 13.0. The molecule has 0 saturated carbocycles. The molecule has 2 aromatic carbocycles. The first kappa shape index (κ1) is 20.7. The predicted octanol–water partition coefficient (Wildman–Crippen LogP) is 4.34. The van der Waals surface area contributed by atoms with E-state index in [0.29, 0.717) is 17.3 Å². The van der Waals surface area contributed by atoms with Crippen molar-refractivity contribution in [1.82, 2.24) is 9.97 Å². The van der Waals surface area contributed by atoms with E-state index in [1.807, 2.05) is 70.3 Å². The average molecular weight is 419 g/mol. The molecule has 7 nitrogen and oxygen atoms in total. The zero-order valence-electron chi connectivity index (χ0n) is 18.0. The predicted molar refractivity (Wildman–Crippen MR) is 120 cm³/mol. The SMILES string of the molecule is Cc1cccc2nc(NC(Cc3c[nH]c4ccccc34)C(=O)OC(C)(C)C)oc(=O)c12. The fraction of sp³-hybridized carbons (Fsp3) is 0.292. The number of aromatic amines is 1. The van der Waals surface area contributed by atoms with E-state index >= 15 is 0 Å². The Morgan fingerprint density at radius 1 is 1.19 bits per heavy atom. The minimum Gasteiger partial charge on any atom is -0.458 e. The van der Waals surface area contributed by atoms with Gasteiger partial charge in [-0.25, -0.2) is 9.59 Å². The maximum absolute atomic E-state index is 13.0. The normalized spacial score (nSPS) is 12.8. The molecular formula is C24H25N3O4. The number of ether oxygens (including phenoxy) is 1. The molecule has 2 N–H and O–H groups in total.